The number of carbonyl (C=O) groups is 4. The van der Waals surface area contributed by atoms with E-state index in [4.69, 9.17) is 17.4 Å². The molecule has 4 amide bonds. The molecule has 6 rings (SSSR count). The third kappa shape index (κ3) is 9.79. The average molecular weight is 833 g/mol. The molecule has 310 valence electrons. The van der Waals surface area contributed by atoms with E-state index in [9.17, 15) is 37.6 Å². The minimum absolute atomic E-state index is 0. The minimum atomic E-state index is -4.74. The van der Waals surface area contributed by atoms with Crippen molar-refractivity contribution in [3.63, 3.8) is 0 Å². The van der Waals surface area contributed by atoms with Gasteiger partial charge < -0.3 is 10.1 Å². The van der Waals surface area contributed by atoms with Gasteiger partial charge in [0.1, 0.15) is 5.50 Å². The number of piperidine rings is 2. The van der Waals surface area contributed by atoms with Gasteiger partial charge in [0.2, 0.25) is 23.6 Å². The van der Waals surface area contributed by atoms with E-state index in [1.807, 2.05) is 17.0 Å². The lowest BCUT2D eigenvalue weighted by Gasteiger charge is -2.43. The van der Waals surface area contributed by atoms with Crippen LogP contribution in [0.15, 0.2) is 42.5 Å². The van der Waals surface area contributed by atoms with Crippen LogP contribution in [0.4, 0.5) is 24.5 Å². The number of benzene rings is 2. The monoisotopic (exact) mass is 832 g/mol. The van der Waals surface area contributed by atoms with Gasteiger partial charge in [-0.05, 0) is 121 Å². The Hall–Kier alpha value is -3.68. The lowest BCUT2D eigenvalue weighted by molar-refractivity contribution is -0.138. The van der Waals surface area contributed by atoms with Gasteiger partial charge in [0.25, 0.3) is 0 Å². The van der Waals surface area contributed by atoms with Crippen molar-refractivity contribution in [2.24, 2.45) is 5.92 Å². The summed E-state index contributed by atoms with van der Waals surface area (Å²) in [6.45, 7) is 8.77. The second kappa shape index (κ2) is 18.1. The Balaban J connectivity index is 0.00000620. The molecule has 0 bridgehead atoms. The summed E-state index contributed by atoms with van der Waals surface area (Å²) in [7, 11) is 0. The summed E-state index contributed by atoms with van der Waals surface area (Å²) < 4.78 is 47.6. The van der Waals surface area contributed by atoms with Crippen molar-refractivity contribution in [3.8, 4) is 6.07 Å². The predicted molar refractivity (Wildman–Crippen MR) is 215 cm³/mol. The van der Waals surface area contributed by atoms with Crippen molar-refractivity contribution in [2.45, 2.75) is 133 Å². The smallest absolute Gasteiger partial charge is 0.378 e. The first-order valence-corrected chi connectivity index (χ1v) is 20.0. The first-order valence-electron chi connectivity index (χ1n) is 19.5. The lowest BCUT2D eigenvalue weighted by atomic mass is 9.85. The van der Waals surface area contributed by atoms with Crippen LogP contribution in [0.25, 0.3) is 0 Å². The molecule has 4 unspecified atom stereocenters. The number of hydrogen-bond donors (Lipinski definition) is 3. The first-order chi connectivity index (χ1) is 26.5. The molecule has 2 aromatic rings. The number of nitrogens with one attached hydrogen (secondary N) is 2. The minimum Gasteiger partial charge on any atom is -0.378 e. The molecule has 57 heavy (non-hydrogen) atoms. The number of nitrogens with zero attached hydrogens (tertiary/aromatic N) is 4. The maximum Gasteiger partial charge on any atom is 0.417 e. The second-order valence-electron chi connectivity index (χ2n) is 16.3. The van der Waals surface area contributed by atoms with Crippen molar-refractivity contribution < 1.29 is 37.1 Å². The van der Waals surface area contributed by atoms with Gasteiger partial charge in [-0.1, -0.05) is 12.1 Å². The summed E-state index contributed by atoms with van der Waals surface area (Å²) in [6, 6.07) is 12.6. The molecule has 16 heteroatoms. The Morgan fingerprint density at radius 1 is 1.02 bits per heavy atom. The zero-order valence-corrected chi connectivity index (χ0v) is 34.4. The lowest BCUT2D eigenvalue weighted by Crippen LogP contribution is -2.52. The number of nitriles is 1. The van der Waals surface area contributed by atoms with Crippen molar-refractivity contribution in [1.82, 2.24) is 15.1 Å². The standard InChI is InChI=1S/C41H51F3N6O5S.ClH/c1-24-19-26(20-25(2)48(24)23-36(52)46-29-8-5-27(6-9-29)33-15-16-35(51)47-37(33)53)17-18-55-32-13-11-30(12-14-32)50-39(56)49(38(54)40(50,3)4)31-10-7-28(22-45)34(21-31)41(42,43)44;/h5-10,21,24-26,30,32-33,39,56H,11-20,23H2,1-4H3,(H,46,52)(H,47,51,53);1H. The van der Waals surface area contributed by atoms with Crippen molar-refractivity contribution in [1.29, 1.82) is 5.26 Å². The van der Waals surface area contributed by atoms with Crippen molar-refractivity contribution in [3.05, 3.63) is 59.2 Å². The number of ether oxygens (including phenoxy) is 1. The number of thiol groups is 1. The van der Waals surface area contributed by atoms with Gasteiger partial charge in [0.15, 0.2) is 0 Å². The normalized spacial score (nSPS) is 28.4. The summed E-state index contributed by atoms with van der Waals surface area (Å²) in [4.78, 5) is 55.9. The van der Waals surface area contributed by atoms with Gasteiger partial charge in [-0.25, -0.2) is 0 Å². The Kier molecular flexibility index (Phi) is 14.1. The molecule has 1 aliphatic carbocycles. The Bertz CT molecular complexity index is 1840. The fourth-order valence-corrected chi connectivity index (χ4v) is 9.93. The highest BCUT2D eigenvalue weighted by Crippen LogP contribution is 2.43. The molecule has 4 fully saturated rings. The van der Waals surface area contributed by atoms with Crippen LogP contribution in [0.2, 0.25) is 0 Å². The molecule has 2 N–H and O–H groups in total. The number of rotatable bonds is 10. The zero-order chi connectivity index (χ0) is 40.5. The van der Waals surface area contributed by atoms with Gasteiger partial charge in [0, 0.05) is 42.5 Å². The summed E-state index contributed by atoms with van der Waals surface area (Å²) in [5.41, 5.74) is -1.81. The number of likely N-dealkylation sites (tertiary alicyclic amines) is 1. The Labute approximate surface area is 343 Å². The van der Waals surface area contributed by atoms with Crippen LogP contribution < -0.4 is 15.5 Å². The average Bonchev–Trinajstić information content (AvgIpc) is 3.32. The van der Waals surface area contributed by atoms with Crippen LogP contribution in [0.5, 0.6) is 0 Å². The van der Waals surface area contributed by atoms with E-state index in [0.29, 0.717) is 31.1 Å². The van der Waals surface area contributed by atoms with E-state index < -0.39 is 28.3 Å². The molecule has 3 aliphatic heterocycles. The summed E-state index contributed by atoms with van der Waals surface area (Å²) in [6.07, 6.45) is 2.04. The number of alkyl halides is 3. The quantitative estimate of drug-likeness (QED) is 0.172. The fraction of sp³-hybridized carbons (Fsp3) is 0.585. The van der Waals surface area contributed by atoms with Crippen LogP contribution in [-0.2, 0) is 30.1 Å². The number of anilines is 2. The van der Waals surface area contributed by atoms with Crippen LogP contribution in [0.1, 0.15) is 108 Å². The van der Waals surface area contributed by atoms with Crippen LogP contribution in [-0.4, -0.2) is 81.8 Å². The molecular formula is C41H52ClF3N6O5S. The number of hydrogen-bond acceptors (Lipinski definition) is 9. The highest BCUT2D eigenvalue weighted by atomic mass is 35.5. The number of amides is 4. The largest absolute Gasteiger partial charge is 0.417 e. The highest BCUT2D eigenvalue weighted by Gasteiger charge is 2.54. The molecule has 0 spiro atoms. The number of carbonyl (C=O) groups excluding carboxylic acids is 4. The molecule has 11 nitrogen and oxygen atoms in total. The van der Waals surface area contributed by atoms with E-state index in [-0.39, 0.29) is 78.4 Å². The molecule has 3 saturated heterocycles. The summed E-state index contributed by atoms with van der Waals surface area (Å²) in [5, 5.41) is 14.6. The summed E-state index contributed by atoms with van der Waals surface area (Å²) >= 11 is 4.76. The fourth-order valence-electron chi connectivity index (χ4n) is 9.21. The molecule has 4 atom stereocenters. The molecular weight excluding hydrogens is 781 g/mol. The van der Waals surface area contributed by atoms with Crippen molar-refractivity contribution >= 4 is 60.0 Å². The molecule has 0 aromatic heterocycles. The van der Waals surface area contributed by atoms with Crippen LogP contribution in [0.3, 0.4) is 0 Å². The van der Waals surface area contributed by atoms with Gasteiger partial charge in [-0.3, -0.25) is 39.2 Å². The first kappa shape index (κ1) is 44.4. The van der Waals surface area contributed by atoms with E-state index >= 15 is 0 Å². The molecule has 1 saturated carbocycles. The van der Waals surface area contributed by atoms with Gasteiger partial charge in [-0.15, -0.1) is 25.0 Å². The van der Waals surface area contributed by atoms with E-state index in [2.05, 4.69) is 29.4 Å². The highest BCUT2D eigenvalue weighted by molar-refractivity contribution is 7.81. The molecule has 3 heterocycles. The summed E-state index contributed by atoms with van der Waals surface area (Å²) in [5.74, 6) is -0.896. The van der Waals surface area contributed by atoms with Crippen molar-refractivity contribution in [2.75, 3.05) is 23.4 Å². The predicted octanol–water partition coefficient (Wildman–Crippen LogP) is 7.01. The zero-order valence-electron chi connectivity index (χ0n) is 32.7. The van der Waals surface area contributed by atoms with Crippen LogP contribution >= 0.6 is 25.0 Å². The maximum atomic E-state index is 13.7. The van der Waals surface area contributed by atoms with E-state index in [1.165, 1.54) is 11.0 Å². The Morgan fingerprint density at radius 2 is 1.67 bits per heavy atom. The third-order valence-corrected chi connectivity index (χ3v) is 12.6. The number of imide groups is 1. The van der Waals surface area contributed by atoms with E-state index in [0.717, 1.165) is 62.6 Å². The second-order valence-corrected chi connectivity index (χ2v) is 16.8. The van der Waals surface area contributed by atoms with Gasteiger partial charge in [0.05, 0.1) is 41.3 Å². The van der Waals surface area contributed by atoms with Crippen LogP contribution in [0, 0.1) is 17.2 Å². The van der Waals surface area contributed by atoms with E-state index in [1.54, 1.807) is 32.0 Å². The Morgan fingerprint density at radius 3 is 2.26 bits per heavy atom. The maximum absolute atomic E-state index is 13.7. The van der Waals surface area contributed by atoms with Gasteiger partial charge >= 0.3 is 6.18 Å². The number of halogens is 4. The topological polar surface area (TPSA) is 135 Å². The molecule has 0 radical (unpaired) electrons. The third-order valence-electron chi connectivity index (χ3n) is 12.1. The van der Waals surface area contributed by atoms with Gasteiger partial charge in [-0.2, -0.15) is 18.4 Å². The molecule has 2 aromatic carbocycles. The molecule has 4 aliphatic rings. The SMILES string of the molecule is CC1CC(CCOC2CCC(N3C(S)N(c4ccc(C#N)c(C(F)(F)F)c4)C(=O)C3(C)C)CC2)CC(C)N1CC(=O)Nc1ccc(C2CCC(=O)NC2=O)cc1.Cl.